The Morgan fingerprint density at radius 2 is 1.71 bits per heavy atom. The van der Waals surface area contributed by atoms with E-state index in [1.54, 1.807) is 0 Å². The topological polar surface area (TPSA) is 0 Å². The van der Waals surface area contributed by atoms with E-state index in [2.05, 4.69) is 0 Å². The summed E-state index contributed by atoms with van der Waals surface area (Å²) in [4.78, 5) is 0. The van der Waals surface area contributed by atoms with Crippen LogP contribution in [0.25, 0.3) is 0 Å². The summed E-state index contributed by atoms with van der Waals surface area (Å²) in [6, 6.07) is 0. The van der Waals surface area contributed by atoms with Crippen molar-refractivity contribution in [2.24, 2.45) is 0 Å². The minimum Gasteiger partial charge on any atom is -0.125 e. The molecule has 0 rings (SSSR count). The molecule has 0 fully saturated rings. The Hall–Kier alpha value is 0.140. The normalized spacial score (nSPS) is 14.3. The van der Waals surface area contributed by atoms with E-state index < -0.39 is 16.9 Å². The number of hydrogen-bond acceptors (Lipinski definition) is 0. The van der Waals surface area contributed by atoms with Gasteiger partial charge in [-0.1, -0.05) is 6.92 Å². The van der Waals surface area contributed by atoms with Crippen LogP contribution in [0.15, 0.2) is 0 Å². The quantitative estimate of drug-likeness (QED) is 0.542. The van der Waals surface area contributed by atoms with Crippen molar-refractivity contribution in [3.8, 4) is 0 Å². The van der Waals surface area contributed by atoms with E-state index in [0.717, 1.165) is 0 Å². The third-order valence-electron chi connectivity index (χ3n) is 0.436. The predicted octanol–water partition coefficient (Wildman–Crippen LogP) is 2.85. The molecule has 0 saturated carbocycles. The van der Waals surface area contributed by atoms with Gasteiger partial charge in [-0.3, -0.25) is 0 Å². The fraction of sp³-hybridized carbons (Fsp3) is 1.00. The van der Waals surface area contributed by atoms with Gasteiger partial charge >= 0.3 is 0 Å². The van der Waals surface area contributed by atoms with E-state index in [4.69, 9.17) is 0 Å². The van der Waals surface area contributed by atoms with Crippen LogP contribution in [-0.4, -0.2) is 5.75 Å². The summed E-state index contributed by atoms with van der Waals surface area (Å²) in [5.74, 6) is -0.576. The van der Waals surface area contributed by atoms with Gasteiger partial charge in [0.1, 0.15) is 0 Å². The van der Waals surface area contributed by atoms with Crippen LogP contribution in [0.5, 0.6) is 0 Å². The predicted molar refractivity (Wildman–Crippen MR) is 26.1 cm³/mol. The average molecular weight is 132 g/mol. The van der Waals surface area contributed by atoms with Crippen LogP contribution in [0.2, 0.25) is 0 Å². The fourth-order valence-electron chi connectivity index (χ4n) is 0.231. The Morgan fingerprint density at radius 3 is 1.71 bits per heavy atom. The Balaban J connectivity index is 3.15. The maximum absolute atomic E-state index is 11.1. The van der Waals surface area contributed by atoms with Crippen molar-refractivity contribution in [3.05, 3.63) is 0 Å². The first-order chi connectivity index (χ1) is 3.06. The molecular formula is C3H7F3S. The molecule has 0 aliphatic carbocycles. The summed E-state index contributed by atoms with van der Waals surface area (Å²) in [6.45, 7) is 1.53. The first-order valence-corrected chi connectivity index (χ1v) is 3.46. The molecule has 0 unspecified atom stereocenters. The van der Waals surface area contributed by atoms with Gasteiger partial charge in [0, 0.05) is 0 Å². The van der Waals surface area contributed by atoms with Gasteiger partial charge in [-0.25, -0.2) is 0 Å². The highest BCUT2D eigenvalue weighted by atomic mass is 32.3. The van der Waals surface area contributed by atoms with Crippen LogP contribution < -0.4 is 0 Å². The zero-order valence-electron chi connectivity index (χ0n) is 3.96. The highest BCUT2D eigenvalue weighted by Crippen LogP contribution is 2.53. The van der Waals surface area contributed by atoms with Crippen molar-refractivity contribution in [1.82, 2.24) is 0 Å². The molecule has 0 bridgehead atoms. The van der Waals surface area contributed by atoms with Crippen LogP contribution >= 0.6 is 11.2 Å². The van der Waals surface area contributed by atoms with E-state index in [0.29, 0.717) is 0 Å². The van der Waals surface area contributed by atoms with E-state index in [9.17, 15) is 11.7 Å². The molecule has 0 aromatic heterocycles. The monoisotopic (exact) mass is 132 g/mol. The van der Waals surface area contributed by atoms with Crippen LogP contribution in [0.3, 0.4) is 0 Å². The molecule has 0 heterocycles. The molecule has 0 amide bonds. The van der Waals surface area contributed by atoms with Crippen molar-refractivity contribution in [3.63, 3.8) is 0 Å². The van der Waals surface area contributed by atoms with Crippen molar-refractivity contribution < 1.29 is 11.7 Å². The van der Waals surface area contributed by atoms with Crippen molar-refractivity contribution >= 4 is 11.2 Å². The Kier molecular flexibility index (Phi) is 2.50. The minimum atomic E-state index is -4.67. The molecule has 0 aromatic carbocycles. The molecule has 0 spiro atoms. The standard InChI is InChI=1S/C3H7F3S/c1-2-3-7(4,5)6/h2-3H2,1H3. The van der Waals surface area contributed by atoms with Gasteiger partial charge < -0.3 is 0 Å². The summed E-state index contributed by atoms with van der Waals surface area (Å²) in [7, 11) is 0. The zero-order valence-corrected chi connectivity index (χ0v) is 4.77. The van der Waals surface area contributed by atoms with Crippen LogP contribution in [0, 0.1) is 0 Å². The summed E-state index contributed by atoms with van der Waals surface area (Å²) in [5.41, 5.74) is 0. The van der Waals surface area contributed by atoms with Gasteiger partial charge in [0.15, 0.2) is 0 Å². The van der Waals surface area contributed by atoms with E-state index >= 15 is 0 Å². The largest absolute Gasteiger partial charge is 0.209 e. The van der Waals surface area contributed by atoms with Crippen LogP contribution in [0.4, 0.5) is 11.7 Å². The van der Waals surface area contributed by atoms with Crippen molar-refractivity contribution in [1.29, 1.82) is 0 Å². The smallest absolute Gasteiger partial charge is 0.125 e. The average Bonchev–Trinajstić information content (AvgIpc) is 1.30. The maximum Gasteiger partial charge on any atom is 0.209 e. The lowest BCUT2D eigenvalue weighted by Crippen LogP contribution is -1.80. The molecule has 0 N–H and O–H groups in total. The zero-order chi connectivity index (χ0) is 5.91. The molecule has 7 heavy (non-hydrogen) atoms. The number of rotatable bonds is 2. The molecule has 0 nitrogen and oxygen atoms in total. The summed E-state index contributed by atoms with van der Waals surface area (Å²) in [6.07, 6.45) is 0.221. The lowest BCUT2D eigenvalue weighted by Gasteiger charge is -2.05. The Labute approximate surface area is 42.9 Å². The maximum atomic E-state index is 11.1. The lowest BCUT2D eigenvalue weighted by atomic mass is 10.6. The second-order valence-electron chi connectivity index (χ2n) is 1.21. The first kappa shape index (κ1) is 7.14. The van der Waals surface area contributed by atoms with Gasteiger partial charge in [-0.2, -0.15) is 0 Å². The SMILES string of the molecule is CCCS(F)(F)F. The summed E-state index contributed by atoms with van der Waals surface area (Å²) >= 11 is -4.67. The molecule has 0 saturated heterocycles. The molecule has 0 aromatic rings. The molecular weight excluding hydrogens is 125 g/mol. The minimum absolute atomic E-state index is 0.221. The second kappa shape index (κ2) is 2.45. The van der Waals surface area contributed by atoms with Gasteiger partial charge in [-0.15, -0.1) is 11.7 Å². The fourth-order valence-corrected chi connectivity index (χ4v) is 0.694. The van der Waals surface area contributed by atoms with Crippen molar-refractivity contribution in [2.75, 3.05) is 5.75 Å². The third kappa shape index (κ3) is 6.14. The van der Waals surface area contributed by atoms with E-state index in [-0.39, 0.29) is 6.42 Å². The molecule has 46 valence electrons. The van der Waals surface area contributed by atoms with E-state index in [1.807, 2.05) is 0 Å². The van der Waals surface area contributed by atoms with Crippen LogP contribution in [-0.2, 0) is 0 Å². The van der Waals surface area contributed by atoms with E-state index in [1.165, 1.54) is 6.92 Å². The summed E-state index contributed by atoms with van der Waals surface area (Å²) in [5, 5.41) is 0. The third-order valence-corrected chi connectivity index (χ3v) is 1.31. The molecule has 0 radical (unpaired) electrons. The molecule has 4 heteroatoms. The van der Waals surface area contributed by atoms with Crippen molar-refractivity contribution in [2.45, 2.75) is 13.3 Å². The molecule has 0 atom stereocenters. The Bertz CT molecular complexity index is 48.6. The van der Waals surface area contributed by atoms with Gasteiger partial charge in [0.05, 0.1) is 5.75 Å². The summed E-state index contributed by atoms with van der Waals surface area (Å²) < 4.78 is 33.4. The molecule has 0 aliphatic rings. The van der Waals surface area contributed by atoms with Gasteiger partial charge in [-0.05, 0) is 6.42 Å². The lowest BCUT2D eigenvalue weighted by molar-refractivity contribution is 0.629. The van der Waals surface area contributed by atoms with Gasteiger partial charge in [0.2, 0.25) is 11.2 Å². The van der Waals surface area contributed by atoms with Crippen LogP contribution in [0.1, 0.15) is 13.3 Å². The first-order valence-electron chi connectivity index (χ1n) is 1.96. The highest BCUT2D eigenvalue weighted by Gasteiger charge is 2.17. The Morgan fingerprint density at radius 1 is 1.29 bits per heavy atom. The van der Waals surface area contributed by atoms with Gasteiger partial charge in [0.25, 0.3) is 0 Å². The highest BCUT2D eigenvalue weighted by molar-refractivity contribution is 8.20. The second-order valence-corrected chi connectivity index (χ2v) is 2.62. The number of hydrogen-bond donors (Lipinski definition) is 0. The number of halogens is 3. The molecule has 0 aliphatic heterocycles.